The van der Waals surface area contributed by atoms with Gasteiger partial charge in [0.05, 0.1) is 0 Å². The lowest BCUT2D eigenvalue weighted by molar-refractivity contribution is 0.131. The molecule has 0 aromatic rings. The van der Waals surface area contributed by atoms with E-state index in [0.717, 1.165) is 22.7 Å². The number of rotatable bonds is 1. The molecular formula is C11H18. The van der Waals surface area contributed by atoms with Crippen LogP contribution in [0.5, 0.6) is 0 Å². The van der Waals surface area contributed by atoms with E-state index in [0.29, 0.717) is 0 Å². The average Bonchev–Trinajstić information content (AvgIpc) is 2.71. The standard InChI is InChI=1S/C11H18/c1-4-10(3)6-8-9(10)11(8)5-7(11)2/h7-9H,4-6H2,1-3H3. The first-order valence-electron chi connectivity index (χ1n) is 5.15. The van der Waals surface area contributed by atoms with Crippen molar-refractivity contribution in [1.29, 1.82) is 0 Å². The molecule has 11 heavy (non-hydrogen) atoms. The highest BCUT2D eigenvalue weighted by Crippen LogP contribution is 2.90. The Morgan fingerprint density at radius 2 is 2.00 bits per heavy atom. The van der Waals surface area contributed by atoms with Crippen molar-refractivity contribution >= 4 is 0 Å². The van der Waals surface area contributed by atoms with E-state index in [-0.39, 0.29) is 0 Å². The Labute approximate surface area is 69.4 Å². The van der Waals surface area contributed by atoms with Crippen LogP contribution in [0.1, 0.15) is 40.0 Å². The summed E-state index contributed by atoms with van der Waals surface area (Å²) in [4.78, 5) is 0. The quantitative estimate of drug-likeness (QED) is 0.539. The van der Waals surface area contributed by atoms with Gasteiger partial charge in [0.2, 0.25) is 0 Å². The highest BCUT2D eigenvalue weighted by Gasteiger charge is 2.85. The molecule has 0 heteroatoms. The van der Waals surface area contributed by atoms with E-state index < -0.39 is 0 Å². The first-order chi connectivity index (χ1) is 5.15. The molecule has 3 rings (SSSR count). The predicted molar refractivity (Wildman–Crippen MR) is 46.2 cm³/mol. The SMILES string of the molecule is CCC1(C)CC2C1C21CC1C. The lowest BCUT2D eigenvalue weighted by Gasteiger charge is -2.36. The van der Waals surface area contributed by atoms with E-state index in [1.54, 1.807) is 12.8 Å². The van der Waals surface area contributed by atoms with E-state index in [2.05, 4.69) is 20.8 Å². The molecule has 5 atom stereocenters. The maximum Gasteiger partial charge on any atom is -0.0201 e. The molecule has 0 N–H and O–H groups in total. The fourth-order valence-corrected chi connectivity index (χ4v) is 4.24. The molecule has 3 aliphatic carbocycles. The van der Waals surface area contributed by atoms with Crippen LogP contribution in [-0.2, 0) is 0 Å². The molecule has 0 nitrogen and oxygen atoms in total. The second-order valence-corrected chi connectivity index (χ2v) is 5.51. The number of hydrogen-bond acceptors (Lipinski definition) is 0. The van der Waals surface area contributed by atoms with Crippen molar-refractivity contribution < 1.29 is 0 Å². The Morgan fingerprint density at radius 3 is 2.27 bits per heavy atom. The Kier molecular flexibility index (Phi) is 0.832. The zero-order valence-corrected chi connectivity index (χ0v) is 7.85. The fraction of sp³-hybridized carbons (Fsp3) is 1.00. The van der Waals surface area contributed by atoms with E-state index in [9.17, 15) is 0 Å². The number of hydrogen-bond donors (Lipinski definition) is 0. The van der Waals surface area contributed by atoms with Crippen molar-refractivity contribution in [2.45, 2.75) is 40.0 Å². The van der Waals surface area contributed by atoms with Crippen LogP contribution >= 0.6 is 0 Å². The van der Waals surface area contributed by atoms with Crippen LogP contribution in [0.25, 0.3) is 0 Å². The Morgan fingerprint density at radius 1 is 1.36 bits per heavy atom. The maximum absolute atomic E-state index is 2.51. The molecule has 62 valence electrons. The van der Waals surface area contributed by atoms with Crippen molar-refractivity contribution in [2.75, 3.05) is 0 Å². The predicted octanol–water partition coefficient (Wildman–Crippen LogP) is 3.08. The average molecular weight is 150 g/mol. The summed E-state index contributed by atoms with van der Waals surface area (Å²) in [6.45, 7) is 7.33. The van der Waals surface area contributed by atoms with Gasteiger partial charge in [-0.3, -0.25) is 0 Å². The third-order valence-electron chi connectivity index (χ3n) is 5.22. The van der Waals surface area contributed by atoms with Gasteiger partial charge >= 0.3 is 0 Å². The van der Waals surface area contributed by atoms with Crippen LogP contribution in [0.15, 0.2) is 0 Å². The molecule has 0 saturated heterocycles. The van der Waals surface area contributed by atoms with E-state index in [1.165, 1.54) is 12.3 Å². The summed E-state index contributed by atoms with van der Waals surface area (Å²) in [7, 11) is 0. The van der Waals surface area contributed by atoms with Crippen molar-refractivity contribution in [3.05, 3.63) is 0 Å². The summed E-state index contributed by atoms with van der Waals surface area (Å²) in [5, 5.41) is 0. The molecule has 3 saturated carbocycles. The first-order valence-corrected chi connectivity index (χ1v) is 5.15. The van der Waals surface area contributed by atoms with Crippen molar-refractivity contribution in [3.8, 4) is 0 Å². The van der Waals surface area contributed by atoms with E-state index in [4.69, 9.17) is 0 Å². The molecule has 0 radical (unpaired) electrons. The summed E-state index contributed by atoms with van der Waals surface area (Å²) in [6, 6.07) is 0. The largest absolute Gasteiger partial charge is 0.0649 e. The van der Waals surface area contributed by atoms with Gasteiger partial charge in [0.25, 0.3) is 0 Å². The minimum Gasteiger partial charge on any atom is -0.0649 e. The Bertz CT molecular complexity index is 216. The lowest BCUT2D eigenvalue weighted by Crippen LogP contribution is -2.28. The molecule has 5 unspecified atom stereocenters. The molecule has 1 spiro atoms. The van der Waals surface area contributed by atoms with Gasteiger partial charge in [-0.1, -0.05) is 27.2 Å². The summed E-state index contributed by atoms with van der Waals surface area (Å²) >= 11 is 0. The fourth-order valence-electron chi connectivity index (χ4n) is 4.24. The van der Waals surface area contributed by atoms with Crippen molar-refractivity contribution in [1.82, 2.24) is 0 Å². The molecule has 3 aliphatic rings. The molecule has 0 heterocycles. The minimum atomic E-state index is 0.773. The van der Waals surface area contributed by atoms with Crippen LogP contribution in [0.2, 0.25) is 0 Å². The summed E-state index contributed by atoms with van der Waals surface area (Å²) in [5.41, 5.74) is 1.69. The molecule has 0 amide bonds. The zero-order valence-electron chi connectivity index (χ0n) is 7.85. The van der Waals surface area contributed by atoms with Crippen LogP contribution in [0, 0.1) is 28.6 Å². The normalized spacial score (nSPS) is 70.6. The highest BCUT2D eigenvalue weighted by molar-refractivity contribution is 5.32. The Hall–Kier alpha value is 0. The van der Waals surface area contributed by atoms with Gasteiger partial charge in [-0.25, -0.2) is 0 Å². The molecule has 0 aromatic heterocycles. The van der Waals surface area contributed by atoms with Gasteiger partial charge in [0.15, 0.2) is 0 Å². The van der Waals surface area contributed by atoms with Crippen molar-refractivity contribution in [2.24, 2.45) is 28.6 Å². The van der Waals surface area contributed by atoms with E-state index in [1.807, 2.05) is 0 Å². The van der Waals surface area contributed by atoms with Gasteiger partial charge in [0, 0.05) is 0 Å². The molecule has 0 aliphatic heterocycles. The minimum absolute atomic E-state index is 0.773. The lowest BCUT2D eigenvalue weighted by atomic mass is 9.68. The third-order valence-corrected chi connectivity index (χ3v) is 5.22. The van der Waals surface area contributed by atoms with Crippen LogP contribution in [0.4, 0.5) is 0 Å². The molecule has 3 fully saturated rings. The zero-order chi connectivity index (χ0) is 7.85. The topological polar surface area (TPSA) is 0 Å². The first kappa shape index (κ1) is 6.51. The summed E-state index contributed by atoms with van der Waals surface area (Å²) in [5.74, 6) is 3.43. The second-order valence-electron chi connectivity index (χ2n) is 5.51. The third kappa shape index (κ3) is 0.467. The second kappa shape index (κ2) is 1.41. The smallest absolute Gasteiger partial charge is 0.0201 e. The van der Waals surface area contributed by atoms with Crippen LogP contribution in [-0.4, -0.2) is 0 Å². The van der Waals surface area contributed by atoms with Gasteiger partial charge in [0.1, 0.15) is 0 Å². The van der Waals surface area contributed by atoms with Gasteiger partial charge in [-0.05, 0) is 41.4 Å². The molecule has 0 bridgehead atoms. The Balaban J connectivity index is 1.84. The monoisotopic (exact) mass is 150 g/mol. The van der Waals surface area contributed by atoms with Crippen LogP contribution < -0.4 is 0 Å². The van der Waals surface area contributed by atoms with Crippen molar-refractivity contribution in [3.63, 3.8) is 0 Å². The van der Waals surface area contributed by atoms with Gasteiger partial charge in [-0.15, -0.1) is 0 Å². The highest BCUT2D eigenvalue weighted by atomic mass is 14.9. The van der Waals surface area contributed by atoms with Crippen LogP contribution in [0.3, 0.4) is 0 Å². The molecule has 0 aromatic carbocycles. The summed E-state index contributed by atoms with van der Waals surface area (Å²) < 4.78 is 0. The van der Waals surface area contributed by atoms with Gasteiger partial charge in [-0.2, -0.15) is 0 Å². The van der Waals surface area contributed by atoms with Gasteiger partial charge < -0.3 is 0 Å². The number of fused-ring (bicyclic) bond motifs is 3. The molecular weight excluding hydrogens is 132 g/mol. The maximum atomic E-state index is 2.51. The summed E-state index contributed by atoms with van der Waals surface area (Å²) in [6.07, 6.45) is 4.54. The van der Waals surface area contributed by atoms with E-state index >= 15 is 0 Å².